The fourth-order valence-corrected chi connectivity index (χ4v) is 1.96. The minimum absolute atomic E-state index is 0.148. The number of rotatable bonds is 5. The molecular formula is C17H17FN2O2. The summed E-state index contributed by atoms with van der Waals surface area (Å²) in [6, 6.07) is 13.0. The molecule has 0 atom stereocenters. The molecule has 2 aromatic rings. The molecule has 0 saturated carbocycles. The summed E-state index contributed by atoms with van der Waals surface area (Å²) in [7, 11) is 0. The quantitative estimate of drug-likeness (QED) is 0.892. The molecule has 22 heavy (non-hydrogen) atoms. The Morgan fingerprint density at radius 2 is 1.82 bits per heavy atom. The number of hydrogen-bond acceptors (Lipinski definition) is 2. The average molecular weight is 300 g/mol. The second kappa shape index (κ2) is 7.36. The second-order valence-corrected chi connectivity index (χ2v) is 4.88. The number of hydrogen-bond donors (Lipinski definition) is 2. The van der Waals surface area contributed by atoms with E-state index in [0.717, 1.165) is 0 Å². The van der Waals surface area contributed by atoms with Crippen LogP contribution in [0.1, 0.15) is 22.3 Å². The molecule has 0 unspecified atom stereocenters. The molecule has 0 aliphatic heterocycles. The van der Waals surface area contributed by atoms with Gasteiger partial charge in [0.1, 0.15) is 5.82 Å². The van der Waals surface area contributed by atoms with Gasteiger partial charge in [0.15, 0.2) is 0 Å². The summed E-state index contributed by atoms with van der Waals surface area (Å²) in [5.74, 6) is -0.792. The lowest BCUT2D eigenvalue weighted by atomic mass is 10.2. The molecule has 0 radical (unpaired) electrons. The van der Waals surface area contributed by atoms with Crippen molar-refractivity contribution in [3.63, 3.8) is 0 Å². The molecule has 0 saturated heterocycles. The fraction of sp³-hybridized carbons (Fsp3) is 0.176. The van der Waals surface area contributed by atoms with Crippen molar-refractivity contribution in [2.24, 2.45) is 0 Å². The summed E-state index contributed by atoms with van der Waals surface area (Å²) < 4.78 is 13.0. The van der Waals surface area contributed by atoms with E-state index in [1.54, 1.807) is 31.2 Å². The van der Waals surface area contributed by atoms with Crippen molar-refractivity contribution in [2.45, 2.75) is 13.3 Å². The van der Waals surface area contributed by atoms with Crippen molar-refractivity contribution in [1.29, 1.82) is 0 Å². The van der Waals surface area contributed by atoms with Crippen LogP contribution in [0, 0.1) is 12.7 Å². The maximum atomic E-state index is 13.0. The lowest BCUT2D eigenvalue weighted by molar-refractivity contribution is -0.116. The first-order valence-electron chi connectivity index (χ1n) is 6.95. The Morgan fingerprint density at radius 1 is 1.09 bits per heavy atom. The Labute approximate surface area is 128 Å². The van der Waals surface area contributed by atoms with E-state index in [9.17, 15) is 14.0 Å². The Morgan fingerprint density at radius 3 is 2.50 bits per heavy atom. The Hall–Kier alpha value is -2.69. The van der Waals surface area contributed by atoms with Gasteiger partial charge in [-0.05, 0) is 42.8 Å². The van der Waals surface area contributed by atoms with Crippen LogP contribution in [0.15, 0.2) is 48.5 Å². The molecule has 0 aliphatic carbocycles. The van der Waals surface area contributed by atoms with Crippen LogP contribution in [0.5, 0.6) is 0 Å². The Kier molecular flexibility index (Phi) is 5.25. The molecule has 114 valence electrons. The SMILES string of the molecule is Cc1cc(F)ccc1NC(=O)CCNC(=O)c1ccccc1. The first-order chi connectivity index (χ1) is 10.6. The standard InChI is InChI=1S/C17H17FN2O2/c1-12-11-14(18)7-8-15(12)20-16(21)9-10-19-17(22)13-5-3-2-4-6-13/h2-8,11H,9-10H2,1H3,(H,19,22)(H,20,21). The van der Waals surface area contributed by atoms with Crippen molar-refractivity contribution >= 4 is 17.5 Å². The van der Waals surface area contributed by atoms with Gasteiger partial charge in [0, 0.05) is 24.2 Å². The molecule has 2 amide bonds. The molecule has 0 spiro atoms. The van der Waals surface area contributed by atoms with Crippen molar-refractivity contribution in [3.8, 4) is 0 Å². The van der Waals surface area contributed by atoms with E-state index in [2.05, 4.69) is 10.6 Å². The minimum atomic E-state index is -0.342. The molecule has 5 heteroatoms. The van der Waals surface area contributed by atoms with E-state index in [4.69, 9.17) is 0 Å². The topological polar surface area (TPSA) is 58.2 Å². The van der Waals surface area contributed by atoms with E-state index in [1.807, 2.05) is 6.07 Å². The van der Waals surface area contributed by atoms with Crippen LogP contribution in [-0.2, 0) is 4.79 Å². The third-order valence-corrected chi connectivity index (χ3v) is 3.14. The van der Waals surface area contributed by atoms with Gasteiger partial charge in [0.05, 0.1) is 0 Å². The van der Waals surface area contributed by atoms with Gasteiger partial charge < -0.3 is 10.6 Å². The number of aryl methyl sites for hydroxylation is 1. The van der Waals surface area contributed by atoms with Crippen molar-refractivity contribution in [1.82, 2.24) is 5.32 Å². The van der Waals surface area contributed by atoms with E-state index in [0.29, 0.717) is 16.8 Å². The summed E-state index contributed by atoms with van der Waals surface area (Å²) in [4.78, 5) is 23.6. The van der Waals surface area contributed by atoms with E-state index >= 15 is 0 Å². The zero-order valence-corrected chi connectivity index (χ0v) is 12.2. The summed E-state index contributed by atoms with van der Waals surface area (Å²) >= 11 is 0. The van der Waals surface area contributed by atoms with E-state index < -0.39 is 0 Å². The number of carbonyl (C=O) groups excluding carboxylic acids is 2. The summed E-state index contributed by atoms with van der Waals surface area (Å²) in [6.45, 7) is 1.95. The minimum Gasteiger partial charge on any atom is -0.352 e. The lowest BCUT2D eigenvalue weighted by Crippen LogP contribution is -2.27. The maximum absolute atomic E-state index is 13.0. The van der Waals surface area contributed by atoms with E-state index in [-0.39, 0.29) is 30.6 Å². The van der Waals surface area contributed by atoms with Crippen LogP contribution in [0.2, 0.25) is 0 Å². The monoisotopic (exact) mass is 300 g/mol. The van der Waals surface area contributed by atoms with Gasteiger partial charge in [0.25, 0.3) is 5.91 Å². The molecule has 0 bridgehead atoms. The van der Waals surface area contributed by atoms with Gasteiger partial charge in [-0.3, -0.25) is 9.59 Å². The van der Waals surface area contributed by atoms with Crippen LogP contribution < -0.4 is 10.6 Å². The first kappa shape index (κ1) is 15.7. The molecule has 2 aromatic carbocycles. The molecule has 0 fully saturated rings. The third kappa shape index (κ3) is 4.41. The van der Waals surface area contributed by atoms with Gasteiger partial charge in [-0.15, -0.1) is 0 Å². The average Bonchev–Trinajstić information content (AvgIpc) is 2.51. The van der Waals surface area contributed by atoms with Crippen LogP contribution in [0.3, 0.4) is 0 Å². The van der Waals surface area contributed by atoms with E-state index in [1.165, 1.54) is 18.2 Å². The molecule has 0 heterocycles. The maximum Gasteiger partial charge on any atom is 0.251 e. The zero-order valence-electron chi connectivity index (χ0n) is 12.2. The molecular weight excluding hydrogens is 283 g/mol. The van der Waals surface area contributed by atoms with Crippen molar-refractivity contribution in [2.75, 3.05) is 11.9 Å². The third-order valence-electron chi connectivity index (χ3n) is 3.14. The largest absolute Gasteiger partial charge is 0.352 e. The summed E-state index contributed by atoms with van der Waals surface area (Å²) in [5, 5.41) is 5.37. The number of benzene rings is 2. The number of nitrogens with one attached hydrogen (secondary N) is 2. The highest BCUT2D eigenvalue weighted by Crippen LogP contribution is 2.15. The van der Waals surface area contributed by atoms with Gasteiger partial charge in [-0.25, -0.2) is 4.39 Å². The molecule has 0 aliphatic rings. The zero-order chi connectivity index (χ0) is 15.9. The smallest absolute Gasteiger partial charge is 0.251 e. The predicted octanol–water partition coefficient (Wildman–Crippen LogP) is 2.89. The highest BCUT2D eigenvalue weighted by molar-refractivity contribution is 5.95. The lowest BCUT2D eigenvalue weighted by Gasteiger charge is -2.09. The second-order valence-electron chi connectivity index (χ2n) is 4.88. The van der Waals surface area contributed by atoms with Crippen molar-refractivity contribution < 1.29 is 14.0 Å². The Bertz CT molecular complexity index is 672. The predicted molar refractivity (Wildman–Crippen MR) is 83.2 cm³/mol. The normalized spacial score (nSPS) is 10.1. The number of halogens is 1. The highest BCUT2D eigenvalue weighted by Gasteiger charge is 2.08. The fourth-order valence-electron chi connectivity index (χ4n) is 1.96. The highest BCUT2D eigenvalue weighted by atomic mass is 19.1. The van der Waals surface area contributed by atoms with Crippen LogP contribution in [0.25, 0.3) is 0 Å². The number of amides is 2. The van der Waals surface area contributed by atoms with Gasteiger partial charge in [-0.2, -0.15) is 0 Å². The van der Waals surface area contributed by atoms with Crippen LogP contribution >= 0.6 is 0 Å². The van der Waals surface area contributed by atoms with Crippen molar-refractivity contribution in [3.05, 3.63) is 65.5 Å². The molecule has 2 N–H and O–H groups in total. The molecule has 4 nitrogen and oxygen atoms in total. The Balaban J connectivity index is 1.80. The van der Waals surface area contributed by atoms with Gasteiger partial charge in [0.2, 0.25) is 5.91 Å². The summed E-state index contributed by atoms with van der Waals surface area (Å²) in [6.07, 6.45) is 0.148. The van der Waals surface area contributed by atoms with Crippen LogP contribution in [0.4, 0.5) is 10.1 Å². The first-order valence-corrected chi connectivity index (χ1v) is 6.95. The summed E-state index contributed by atoms with van der Waals surface area (Å²) in [5.41, 5.74) is 1.78. The van der Waals surface area contributed by atoms with Gasteiger partial charge in [-0.1, -0.05) is 18.2 Å². The number of carbonyl (C=O) groups is 2. The molecule has 0 aromatic heterocycles. The molecule has 2 rings (SSSR count). The van der Waals surface area contributed by atoms with Crippen LogP contribution in [-0.4, -0.2) is 18.4 Å². The number of anilines is 1. The van der Waals surface area contributed by atoms with Gasteiger partial charge >= 0.3 is 0 Å².